The lowest BCUT2D eigenvalue weighted by Gasteiger charge is -2.17. The van der Waals surface area contributed by atoms with Crippen LogP contribution >= 0.6 is 0 Å². The van der Waals surface area contributed by atoms with Crippen molar-refractivity contribution in [2.75, 3.05) is 0 Å². The average molecular weight is 260 g/mol. The molecule has 1 aromatic rings. The van der Waals surface area contributed by atoms with E-state index in [9.17, 15) is 0 Å². The molecule has 0 unspecified atom stereocenters. The Labute approximate surface area is 120 Å². The lowest BCUT2D eigenvalue weighted by atomic mass is 9.89. The molecule has 19 heavy (non-hydrogen) atoms. The van der Waals surface area contributed by atoms with Crippen LogP contribution in [-0.4, -0.2) is 0 Å². The summed E-state index contributed by atoms with van der Waals surface area (Å²) in [5, 5.41) is 0. The van der Waals surface area contributed by atoms with Crippen LogP contribution in [0, 0.1) is 5.41 Å². The van der Waals surface area contributed by atoms with Gasteiger partial charge in [0.15, 0.2) is 0 Å². The molecule has 0 bridgehead atoms. The third-order valence-corrected chi connectivity index (χ3v) is 3.73. The lowest BCUT2D eigenvalue weighted by molar-refractivity contribution is 0.365. The second kappa shape index (κ2) is 8.40. The smallest absolute Gasteiger partial charge is 0.0279 e. The highest BCUT2D eigenvalue weighted by Crippen LogP contribution is 2.22. The molecular formula is C19H32. The van der Waals surface area contributed by atoms with Gasteiger partial charge in [-0.1, -0.05) is 71.2 Å². The predicted molar refractivity (Wildman–Crippen MR) is 86.7 cm³/mol. The quantitative estimate of drug-likeness (QED) is 0.490. The summed E-state index contributed by atoms with van der Waals surface area (Å²) in [4.78, 5) is 0. The van der Waals surface area contributed by atoms with Crippen LogP contribution in [0.4, 0.5) is 0 Å². The molecule has 0 nitrogen and oxygen atoms in total. The van der Waals surface area contributed by atoms with Gasteiger partial charge in [0.25, 0.3) is 0 Å². The molecule has 0 amide bonds. The molecular weight excluding hydrogens is 228 g/mol. The molecule has 0 spiro atoms. The largest absolute Gasteiger partial charge is 0.0654 e. The molecule has 1 rings (SSSR count). The molecule has 0 aliphatic rings. The molecule has 0 fully saturated rings. The number of hydrogen-bond acceptors (Lipinski definition) is 0. The van der Waals surface area contributed by atoms with E-state index in [2.05, 4.69) is 52.0 Å². The average Bonchev–Trinajstić information content (AvgIpc) is 2.35. The highest BCUT2D eigenvalue weighted by Gasteiger charge is 2.09. The maximum Gasteiger partial charge on any atom is -0.0279 e. The summed E-state index contributed by atoms with van der Waals surface area (Å²) < 4.78 is 0. The monoisotopic (exact) mass is 260 g/mol. The van der Waals surface area contributed by atoms with E-state index in [0.717, 1.165) is 0 Å². The maximum absolute atomic E-state index is 2.33. The molecule has 0 heterocycles. The summed E-state index contributed by atoms with van der Waals surface area (Å²) in [6.07, 6.45) is 10.5. The highest BCUT2D eigenvalue weighted by atomic mass is 14.1. The van der Waals surface area contributed by atoms with E-state index in [1.54, 1.807) is 0 Å². The van der Waals surface area contributed by atoms with Crippen molar-refractivity contribution in [3.05, 3.63) is 35.4 Å². The zero-order valence-corrected chi connectivity index (χ0v) is 13.5. The molecule has 0 radical (unpaired) electrons. The van der Waals surface area contributed by atoms with Gasteiger partial charge in [0.2, 0.25) is 0 Å². The molecule has 108 valence electrons. The summed E-state index contributed by atoms with van der Waals surface area (Å²) in [7, 11) is 0. The third kappa shape index (κ3) is 8.08. The minimum Gasteiger partial charge on any atom is -0.0654 e. The Morgan fingerprint density at radius 1 is 0.737 bits per heavy atom. The van der Waals surface area contributed by atoms with Crippen LogP contribution in [0.15, 0.2) is 24.3 Å². The van der Waals surface area contributed by atoms with Gasteiger partial charge >= 0.3 is 0 Å². The SMILES string of the molecule is CCCCCCc1ccc(CCCC(C)(C)C)cc1. The summed E-state index contributed by atoms with van der Waals surface area (Å²) >= 11 is 0. The van der Waals surface area contributed by atoms with E-state index < -0.39 is 0 Å². The first-order valence-electron chi connectivity index (χ1n) is 8.09. The predicted octanol–water partition coefficient (Wildman–Crippen LogP) is 6.18. The van der Waals surface area contributed by atoms with Gasteiger partial charge in [-0.05, 0) is 48.6 Å². The van der Waals surface area contributed by atoms with Crippen LogP contribution in [0.2, 0.25) is 0 Å². The van der Waals surface area contributed by atoms with E-state index >= 15 is 0 Å². The third-order valence-electron chi connectivity index (χ3n) is 3.73. The summed E-state index contributed by atoms with van der Waals surface area (Å²) in [5.41, 5.74) is 3.48. The van der Waals surface area contributed by atoms with Crippen molar-refractivity contribution < 1.29 is 0 Å². The topological polar surface area (TPSA) is 0 Å². The minimum atomic E-state index is 0.471. The van der Waals surface area contributed by atoms with Gasteiger partial charge in [-0.15, -0.1) is 0 Å². The Hall–Kier alpha value is -0.780. The summed E-state index contributed by atoms with van der Waals surface area (Å²) in [5.74, 6) is 0. The molecule has 0 heteroatoms. The second-order valence-electron chi connectivity index (χ2n) is 7.04. The van der Waals surface area contributed by atoms with Crippen LogP contribution in [0.25, 0.3) is 0 Å². The van der Waals surface area contributed by atoms with Crippen LogP contribution in [0.5, 0.6) is 0 Å². The first-order valence-corrected chi connectivity index (χ1v) is 8.09. The standard InChI is InChI=1S/C19H32/c1-5-6-7-8-10-17-12-14-18(15-13-17)11-9-16-19(2,3)4/h12-15H,5-11,16H2,1-4H3. The van der Waals surface area contributed by atoms with E-state index in [0.29, 0.717) is 5.41 Å². The van der Waals surface area contributed by atoms with Gasteiger partial charge in [0.1, 0.15) is 0 Å². The van der Waals surface area contributed by atoms with Crippen molar-refractivity contribution in [2.24, 2.45) is 5.41 Å². The van der Waals surface area contributed by atoms with Crippen molar-refractivity contribution >= 4 is 0 Å². The highest BCUT2D eigenvalue weighted by molar-refractivity contribution is 5.22. The van der Waals surface area contributed by atoms with Crippen LogP contribution < -0.4 is 0 Å². The molecule has 0 aliphatic heterocycles. The number of unbranched alkanes of at least 4 members (excludes halogenated alkanes) is 3. The Bertz CT molecular complexity index is 326. The van der Waals surface area contributed by atoms with E-state index in [1.165, 1.54) is 62.5 Å². The van der Waals surface area contributed by atoms with Gasteiger partial charge in [-0.25, -0.2) is 0 Å². The molecule has 0 aliphatic carbocycles. The van der Waals surface area contributed by atoms with Crippen molar-refractivity contribution in [1.29, 1.82) is 0 Å². The minimum absolute atomic E-state index is 0.471. The van der Waals surface area contributed by atoms with Crippen molar-refractivity contribution in [2.45, 2.75) is 79.1 Å². The molecule has 0 aromatic heterocycles. The fourth-order valence-corrected chi connectivity index (χ4v) is 2.45. The van der Waals surface area contributed by atoms with Crippen LogP contribution in [-0.2, 0) is 12.8 Å². The van der Waals surface area contributed by atoms with Gasteiger partial charge in [-0.3, -0.25) is 0 Å². The zero-order chi connectivity index (χ0) is 14.1. The fourth-order valence-electron chi connectivity index (χ4n) is 2.45. The van der Waals surface area contributed by atoms with Crippen LogP contribution in [0.3, 0.4) is 0 Å². The number of aryl methyl sites for hydroxylation is 2. The normalized spacial score (nSPS) is 11.8. The number of rotatable bonds is 8. The van der Waals surface area contributed by atoms with Crippen molar-refractivity contribution in [3.8, 4) is 0 Å². The zero-order valence-electron chi connectivity index (χ0n) is 13.5. The fraction of sp³-hybridized carbons (Fsp3) is 0.684. The Kier molecular flexibility index (Phi) is 7.20. The molecule has 0 saturated heterocycles. The van der Waals surface area contributed by atoms with Crippen molar-refractivity contribution in [3.63, 3.8) is 0 Å². The first-order chi connectivity index (χ1) is 9.01. The van der Waals surface area contributed by atoms with Gasteiger partial charge in [0, 0.05) is 0 Å². The van der Waals surface area contributed by atoms with Gasteiger partial charge in [0.05, 0.1) is 0 Å². The number of hydrogen-bond donors (Lipinski definition) is 0. The van der Waals surface area contributed by atoms with E-state index in [-0.39, 0.29) is 0 Å². The Balaban J connectivity index is 2.27. The molecule has 0 N–H and O–H groups in total. The molecule has 1 aromatic carbocycles. The Morgan fingerprint density at radius 3 is 1.74 bits per heavy atom. The van der Waals surface area contributed by atoms with E-state index in [4.69, 9.17) is 0 Å². The summed E-state index contributed by atoms with van der Waals surface area (Å²) in [6, 6.07) is 9.33. The first kappa shape index (κ1) is 16.3. The van der Waals surface area contributed by atoms with E-state index in [1.807, 2.05) is 0 Å². The van der Waals surface area contributed by atoms with Gasteiger partial charge < -0.3 is 0 Å². The van der Waals surface area contributed by atoms with Gasteiger partial charge in [-0.2, -0.15) is 0 Å². The number of benzene rings is 1. The van der Waals surface area contributed by atoms with Crippen LogP contribution in [0.1, 0.15) is 77.3 Å². The lowest BCUT2D eigenvalue weighted by Crippen LogP contribution is -2.04. The molecule has 0 saturated carbocycles. The maximum atomic E-state index is 2.33. The van der Waals surface area contributed by atoms with Crippen molar-refractivity contribution in [1.82, 2.24) is 0 Å². The second-order valence-corrected chi connectivity index (χ2v) is 7.04. The molecule has 0 atom stereocenters. The Morgan fingerprint density at radius 2 is 1.26 bits per heavy atom. The summed E-state index contributed by atoms with van der Waals surface area (Å²) in [6.45, 7) is 9.25.